The molecule has 0 saturated carbocycles. The van der Waals surface area contributed by atoms with E-state index in [-0.39, 0.29) is 0 Å². The Morgan fingerprint density at radius 2 is 1.41 bits per heavy atom. The van der Waals surface area contributed by atoms with Crippen LogP contribution in [0.4, 0.5) is 16.2 Å². The van der Waals surface area contributed by atoms with Gasteiger partial charge in [-0.05, 0) is 80.1 Å². The highest BCUT2D eigenvalue weighted by atomic mass is 16.6. The van der Waals surface area contributed by atoms with Gasteiger partial charge in [0.05, 0.1) is 21.3 Å². The number of hydrogen-bond acceptors (Lipinski definition) is 6. The van der Waals surface area contributed by atoms with Gasteiger partial charge in [0.1, 0.15) is 0 Å². The van der Waals surface area contributed by atoms with Gasteiger partial charge in [-0.15, -0.1) is 0 Å². The number of carbonyl (C=O) groups is 1. The molecule has 2 unspecified atom stereocenters. The van der Waals surface area contributed by atoms with Crippen LogP contribution in [0.3, 0.4) is 0 Å². The standard InChI is InChI=1S/C32H42N2O5/c1-9-21(4)23-12-14-24(15-13-23)30(25-19-28(36-6)31(38-8)29(20-25)37-7)39-32(35)33-27-17-16-26(18-22(27)5)34(10-2)11-3/h12-21,30H,9-11H2,1-8H3,(H,33,35). The van der Waals surface area contributed by atoms with Gasteiger partial charge in [-0.2, -0.15) is 0 Å². The molecule has 0 aliphatic rings. The number of methoxy groups -OCH3 is 3. The van der Waals surface area contributed by atoms with Crippen molar-refractivity contribution < 1.29 is 23.7 Å². The lowest BCUT2D eigenvalue weighted by atomic mass is 9.94. The van der Waals surface area contributed by atoms with Crippen molar-refractivity contribution in [2.45, 2.75) is 53.1 Å². The minimum atomic E-state index is -0.708. The molecule has 0 fully saturated rings. The van der Waals surface area contributed by atoms with E-state index in [1.807, 2.05) is 43.3 Å². The molecule has 0 aliphatic heterocycles. The summed E-state index contributed by atoms with van der Waals surface area (Å²) in [5.74, 6) is 1.88. The van der Waals surface area contributed by atoms with E-state index in [1.165, 1.54) is 5.56 Å². The summed E-state index contributed by atoms with van der Waals surface area (Å²) in [6.07, 6.45) is -0.223. The Morgan fingerprint density at radius 3 is 1.90 bits per heavy atom. The molecule has 3 rings (SSSR count). The van der Waals surface area contributed by atoms with Crippen molar-refractivity contribution in [2.75, 3.05) is 44.6 Å². The number of nitrogens with one attached hydrogen (secondary N) is 1. The minimum absolute atomic E-state index is 0.435. The summed E-state index contributed by atoms with van der Waals surface area (Å²) in [6, 6.07) is 17.8. The second kappa shape index (κ2) is 13.8. The van der Waals surface area contributed by atoms with Gasteiger partial charge in [0.15, 0.2) is 17.6 Å². The highest BCUT2D eigenvalue weighted by Crippen LogP contribution is 2.42. The summed E-state index contributed by atoms with van der Waals surface area (Å²) >= 11 is 0. The van der Waals surface area contributed by atoms with Crippen LogP contribution in [0.25, 0.3) is 0 Å². The zero-order valence-electron chi connectivity index (χ0n) is 24.5. The minimum Gasteiger partial charge on any atom is -0.493 e. The van der Waals surface area contributed by atoms with Gasteiger partial charge in [-0.3, -0.25) is 5.32 Å². The molecule has 3 aromatic carbocycles. The van der Waals surface area contributed by atoms with Gasteiger partial charge in [-0.1, -0.05) is 38.1 Å². The lowest BCUT2D eigenvalue weighted by Gasteiger charge is -2.23. The average molecular weight is 535 g/mol. The molecule has 7 nitrogen and oxygen atoms in total. The monoisotopic (exact) mass is 534 g/mol. The maximum absolute atomic E-state index is 13.3. The highest BCUT2D eigenvalue weighted by Gasteiger charge is 2.24. The SMILES string of the molecule is CCC(C)c1ccc(C(OC(=O)Nc2ccc(N(CC)CC)cc2C)c2cc(OC)c(OC)c(OC)c2)cc1. The predicted molar refractivity (Wildman–Crippen MR) is 158 cm³/mol. The molecule has 0 aromatic heterocycles. The summed E-state index contributed by atoms with van der Waals surface area (Å²) in [5, 5.41) is 2.93. The van der Waals surface area contributed by atoms with Gasteiger partial charge >= 0.3 is 6.09 Å². The normalized spacial score (nSPS) is 12.3. The summed E-state index contributed by atoms with van der Waals surface area (Å²) in [4.78, 5) is 15.5. The van der Waals surface area contributed by atoms with Crippen molar-refractivity contribution >= 4 is 17.5 Å². The first-order chi connectivity index (χ1) is 18.8. The third-order valence-electron chi connectivity index (χ3n) is 7.21. The number of carbonyl (C=O) groups excluding carboxylic acids is 1. The third kappa shape index (κ3) is 6.96. The molecule has 1 amide bonds. The van der Waals surface area contributed by atoms with Crippen LogP contribution in [0.2, 0.25) is 0 Å². The molecule has 0 heterocycles. The maximum atomic E-state index is 13.3. The number of anilines is 2. The zero-order valence-corrected chi connectivity index (χ0v) is 24.5. The predicted octanol–water partition coefficient (Wildman–Crippen LogP) is 7.72. The number of ether oxygens (including phenoxy) is 4. The fourth-order valence-corrected chi connectivity index (χ4v) is 4.64. The molecule has 7 heteroatoms. The Kier molecular flexibility index (Phi) is 10.5. The summed E-state index contributed by atoms with van der Waals surface area (Å²) < 4.78 is 22.7. The number of aryl methyl sites for hydroxylation is 1. The fourth-order valence-electron chi connectivity index (χ4n) is 4.64. The number of nitrogens with zero attached hydrogens (tertiary/aromatic N) is 1. The molecule has 39 heavy (non-hydrogen) atoms. The van der Waals surface area contributed by atoms with Gasteiger partial charge in [0.2, 0.25) is 5.75 Å². The molecular formula is C32H42N2O5. The van der Waals surface area contributed by atoms with Crippen LogP contribution in [0, 0.1) is 6.92 Å². The third-order valence-corrected chi connectivity index (χ3v) is 7.21. The Balaban J connectivity index is 1.97. The summed E-state index contributed by atoms with van der Waals surface area (Å²) in [6.45, 7) is 12.4. The van der Waals surface area contributed by atoms with Crippen molar-refractivity contribution in [3.8, 4) is 17.2 Å². The van der Waals surface area contributed by atoms with Crippen LogP contribution in [0.5, 0.6) is 17.2 Å². The first kappa shape index (κ1) is 29.7. The fraction of sp³-hybridized carbons (Fsp3) is 0.406. The van der Waals surface area contributed by atoms with E-state index in [2.05, 4.69) is 56.1 Å². The van der Waals surface area contributed by atoms with Crippen LogP contribution in [0.15, 0.2) is 54.6 Å². The molecule has 210 valence electrons. The first-order valence-electron chi connectivity index (χ1n) is 13.5. The maximum Gasteiger partial charge on any atom is 0.412 e. The van der Waals surface area contributed by atoms with Crippen LogP contribution < -0.4 is 24.4 Å². The Bertz CT molecular complexity index is 1210. The van der Waals surface area contributed by atoms with Gasteiger partial charge in [-0.25, -0.2) is 4.79 Å². The second-order valence-corrected chi connectivity index (χ2v) is 9.52. The first-order valence-corrected chi connectivity index (χ1v) is 13.5. The van der Waals surface area contributed by atoms with Crippen molar-refractivity contribution in [3.05, 3.63) is 76.9 Å². The molecule has 0 bridgehead atoms. The van der Waals surface area contributed by atoms with Crippen LogP contribution in [0.1, 0.15) is 68.4 Å². The molecule has 0 radical (unpaired) electrons. The molecular weight excluding hydrogens is 492 g/mol. The van der Waals surface area contributed by atoms with E-state index in [4.69, 9.17) is 18.9 Å². The highest BCUT2D eigenvalue weighted by molar-refractivity contribution is 5.86. The Hall–Kier alpha value is -3.87. The number of benzene rings is 3. The smallest absolute Gasteiger partial charge is 0.412 e. The van der Waals surface area contributed by atoms with Crippen LogP contribution in [-0.4, -0.2) is 40.5 Å². The van der Waals surface area contributed by atoms with E-state index in [1.54, 1.807) is 21.3 Å². The molecule has 0 spiro atoms. The van der Waals surface area contributed by atoms with Crippen LogP contribution in [-0.2, 0) is 4.74 Å². The lowest BCUT2D eigenvalue weighted by Crippen LogP contribution is -2.22. The van der Waals surface area contributed by atoms with Gasteiger partial charge in [0, 0.05) is 30.0 Å². The zero-order chi connectivity index (χ0) is 28.5. The average Bonchev–Trinajstić information content (AvgIpc) is 2.96. The van der Waals surface area contributed by atoms with E-state index in [0.29, 0.717) is 34.4 Å². The molecule has 1 N–H and O–H groups in total. The van der Waals surface area contributed by atoms with Gasteiger partial charge < -0.3 is 23.8 Å². The Morgan fingerprint density at radius 1 is 0.821 bits per heavy atom. The summed E-state index contributed by atoms with van der Waals surface area (Å²) in [5.41, 5.74) is 5.54. The molecule has 0 aliphatic carbocycles. The van der Waals surface area contributed by atoms with E-state index in [0.717, 1.165) is 36.3 Å². The molecule has 0 saturated heterocycles. The number of amides is 1. The molecule has 2 atom stereocenters. The number of hydrogen-bond donors (Lipinski definition) is 1. The largest absolute Gasteiger partial charge is 0.493 e. The second-order valence-electron chi connectivity index (χ2n) is 9.52. The van der Waals surface area contributed by atoms with Gasteiger partial charge in [0.25, 0.3) is 0 Å². The topological polar surface area (TPSA) is 69.3 Å². The quantitative estimate of drug-likeness (QED) is 0.257. The number of rotatable bonds is 12. The van der Waals surface area contributed by atoms with Crippen LogP contribution >= 0.6 is 0 Å². The lowest BCUT2D eigenvalue weighted by molar-refractivity contribution is 0.130. The van der Waals surface area contributed by atoms with Crippen molar-refractivity contribution in [1.29, 1.82) is 0 Å². The Labute approximate surface area is 233 Å². The van der Waals surface area contributed by atoms with E-state index < -0.39 is 12.2 Å². The summed E-state index contributed by atoms with van der Waals surface area (Å²) in [7, 11) is 4.69. The van der Waals surface area contributed by atoms with E-state index >= 15 is 0 Å². The van der Waals surface area contributed by atoms with Crippen molar-refractivity contribution in [2.24, 2.45) is 0 Å². The van der Waals surface area contributed by atoms with E-state index in [9.17, 15) is 4.79 Å². The molecule has 3 aromatic rings. The van der Waals surface area contributed by atoms with Crippen molar-refractivity contribution in [1.82, 2.24) is 0 Å². The van der Waals surface area contributed by atoms with Crippen molar-refractivity contribution in [3.63, 3.8) is 0 Å².